The van der Waals surface area contributed by atoms with Gasteiger partial charge < -0.3 is 10.6 Å². The summed E-state index contributed by atoms with van der Waals surface area (Å²) in [5.41, 5.74) is 1.17. The van der Waals surface area contributed by atoms with Gasteiger partial charge in [-0.3, -0.25) is 9.69 Å². The molecule has 3 amide bonds. The molecular formula is C18H20N4O4S2. The largest absolute Gasteiger partial charge is 0.336 e. The molecule has 0 saturated carbocycles. The third-order valence-electron chi connectivity index (χ3n) is 4.79. The van der Waals surface area contributed by atoms with E-state index in [1.165, 1.54) is 10.4 Å². The Morgan fingerprint density at radius 1 is 1.14 bits per heavy atom. The van der Waals surface area contributed by atoms with Crippen molar-refractivity contribution >= 4 is 44.7 Å². The second kappa shape index (κ2) is 7.53. The van der Waals surface area contributed by atoms with Crippen LogP contribution in [-0.2, 0) is 10.0 Å². The number of rotatable bonds is 5. The van der Waals surface area contributed by atoms with Crippen LogP contribution < -0.4 is 15.5 Å². The first-order chi connectivity index (χ1) is 13.5. The molecule has 3 heterocycles. The zero-order valence-electron chi connectivity index (χ0n) is 15.1. The highest BCUT2D eigenvalue weighted by atomic mass is 32.2. The Kier molecular flexibility index (Phi) is 5.09. The monoisotopic (exact) mass is 420 g/mol. The average molecular weight is 421 g/mol. The van der Waals surface area contributed by atoms with Gasteiger partial charge in [-0.1, -0.05) is 6.07 Å². The van der Waals surface area contributed by atoms with Gasteiger partial charge in [0.25, 0.3) is 5.91 Å². The van der Waals surface area contributed by atoms with E-state index >= 15 is 0 Å². The number of nitrogens with zero attached hydrogens (tertiary/aromatic N) is 2. The molecular weight excluding hydrogens is 400 g/mol. The molecule has 4 rings (SSSR count). The summed E-state index contributed by atoms with van der Waals surface area (Å²) < 4.78 is 27.1. The summed E-state index contributed by atoms with van der Waals surface area (Å²) in [5.74, 6) is -0.476. The topological polar surface area (TPSA) is 98.8 Å². The molecule has 8 nitrogen and oxygen atoms in total. The first-order valence-electron chi connectivity index (χ1n) is 9.01. The van der Waals surface area contributed by atoms with Gasteiger partial charge in [-0.2, -0.15) is 4.31 Å². The molecule has 0 bridgehead atoms. The smallest absolute Gasteiger partial charge is 0.321 e. The highest BCUT2D eigenvalue weighted by Crippen LogP contribution is 2.29. The maximum atomic E-state index is 12.8. The van der Waals surface area contributed by atoms with E-state index in [9.17, 15) is 18.0 Å². The van der Waals surface area contributed by atoms with Crippen LogP contribution in [0.3, 0.4) is 0 Å². The average Bonchev–Trinajstić information content (AvgIpc) is 3.43. The van der Waals surface area contributed by atoms with Gasteiger partial charge in [0.1, 0.15) is 9.77 Å². The predicted molar refractivity (Wildman–Crippen MR) is 107 cm³/mol. The summed E-state index contributed by atoms with van der Waals surface area (Å²) in [6.45, 7) is 2.10. The molecule has 2 aromatic rings. The Balaban J connectivity index is 1.56. The van der Waals surface area contributed by atoms with Gasteiger partial charge in [0.05, 0.1) is 0 Å². The first kappa shape index (κ1) is 18.9. The van der Waals surface area contributed by atoms with Crippen molar-refractivity contribution in [1.82, 2.24) is 9.62 Å². The van der Waals surface area contributed by atoms with Crippen molar-refractivity contribution in [2.24, 2.45) is 0 Å². The van der Waals surface area contributed by atoms with Gasteiger partial charge in [0.15, 0.2) is 0 Å². The number of amides is 3. The zero-order chi connectivity index (χ0) is 19.7. The van der Waals surface area contributed by atoms with Gasteiger partial charge in [-0.05, 0) is 42.5 Å². The summed E-state index contributed by atoms with van der Waals surface area (Å²) in [6.07, 6.45) is 1.67. The Bertz CT molecular complexity index is 1010. The molecule has 2 saturated heterocycles. The van der Waals surface area contributed by atoms with E-state index < -0.39 is 15.9 Å². The van der Waals surface area contributed by atoms with Gasteiger partial charge >= 0.3 is 6.03 Å². The molecule has 2 fully saturated rings. The standard InChI is InChI=1S/C18H20N4O4S2/c23-17(16-15(6-11-27-16)28(25,26)21-8-1-2-9-21)20-13-4-3-5-14(12-13)22-10-7-19-18(22)24/h3-6,11-12H,1-2,7-10H2,(H,19,24)(H,20,23). The Morgan fingerprint density at radius 2 is 1.93 bits per heavy atom. The summed E-state index contributed by atoms with van der Waals surface area (Å²) >= 11 is 1.10. The van der Waals surface area contributed by atoms with Crippen molar-refractivity contribution in [3.8, 4) is 0 Å². The Hall–Kier alpha value is -2.43. The quantitative estimate of drug-likeness (QED) is 0.775. The normalized spacial score (nSPS) is 17.7. The maximum absolute atomic E-state index is 12.8. The van der Waals surface area contributed by atoms with Crippen LogP contribution in [0.5, 0.6) is 0 Å². The number of urea groups is 1. The molecule has 28 heavy (non-hydrogen) atoms. The van der Waals surface area contributed by atoms with Crippen LogP contribution in [0.2, 0.25) is 0 Å². The van der Waals surface area contributed by atoms with Gasteiger partial charge in [0, 0.05) is 37.6 Å². The van der Waals surface area contributed by atoms with E-state index in [1.54, 1.807) is 34.5 Å². The number of hydrogen-bond donors (Lipinski definition) is 2. The van der Waals surface area contributed by atoms with Crippen LogP contribution in [0.4, 0.5) is 16.2 Å². The highest BCUT2D eigenvalue weighted by molar-refractivity contribution is 7.89. The third-order valence-corrected chi connectivity index (χ3v) is 7.77. The van der Waals surface area contributed by atoms with Crippen molar-refractivity contribution in [1.29, 1.82) is 0 Å². The fourth-order valence-corrected chi connectivity index (χ4v) is 6.20. The van der Waals surface area contributed by atoms with Crippen molar-refractivity contribution in [3.05, 3.63) is 40.6 Å². The van der Waals surface area contributed by atoms with E-state index in [0.717, 1.165) is 24.2 Å². The molecule has 148 valence electrons. The molecule has 2 aliphatic heterocycles. The van der Waals surface area contributed by atoms with Crippen LogP contribution in [0, 0.1) is 0 Å². The lowest BCUT2D eigenvalue weighted by Crippen LogP contribution is -2.29. The number of carbonyl (C=O) groups is 2. The first-order valence-corrected chi connectivity index (χ1v) is 11.3. The van der Waals surface area contributed by atoms with E-state index in [1.807, 2.05) is 0 Å². The van der Waals surface area contributed by atoms with Crippen LogP contribution >= 0.6 is 11.3 Å². The number of thiophene rings is 1. The number of carbonyl (C=O) groups excluding carboxylic acids is 2. The number of benzene rings is 1. The van der Waals surface area contributed by atoms with Gasteiger partial charge in [-0.15, -0.1) is 11.3 Å². The van der Waals surface area contributed by atoms with Crippen LogP contribution in [-0.4, -0.2) is 50.8 Å². The summed E-state index contributed by atoms with van der Waals surface area (Å²) in [7, 11) is -3.67. The second-order valence-electron chi connectivity index (χ2n) is 6.61. The van der Waals surface area contributed by atoms with Crippen LogP contribution in [0.1, 0.15) is 22.5 Å². The number of nitrogens with one attached hydrogen (secondary N) is 2. The molecule has 10 heteroatoms. The van der Waals surface area contributed by atoms with E-state index in [0.29, 0.717) is 37.6 Å². The van der Waals surface area contributed by atoms with Gasteiger partial charge in [0.2, 0.25) is 10.0 Å². The lowest BCUT2D eigenvalue weighted by Gasteiger charge is -2.17. The summed E-state index contributed by atoms with van der Waals surface area (Å²) in [5, 5.41) is 7.10. The zero-order valence-corrected chi connectivity index (χ0v) is 16.7. The predicted octanol–water partition coefficient (Wildman–Crippen LogP) is 2.31. The van der Waals surface area contributed by atoms with E-state index in [2.05, 4.69) is 10.6 Å². The lowest BCUT2D eigenvalue weighted by atomic mass is 10.2. The minimum Gasteiger partial charge on any atom is -0.336 e. The van der Waals surface area contributed by atoms with Crippen molar-refractivity contribution in [3.63, 3.8) is 0 Å². The number of anilines is 2. The van der Waals surface area contributed by atoms with Crippen molar-refractivity contribution < 1.29 is 18.0 Å². The molecule has 1 aromatic carbocycles. The Labute approximate surface area is 167 Å². The van der Waals surface area contributed by atoms with Crippen LogP contribution in [0.15, 0.2) is 40.6 Å². The van der Waals surface area contributed by atoms with Crippen LogP contribution in [0.25, 0.3) is 0 Å². The third kappa shape index (κ3) is 3.50. The summed E-state index contributed by atoms with van der Waals surface area (Å²) in [6, 6.07) is 8.24. The fourth-order valence-electron chi connectivity index (χ4n) is 3.39. The highest BCUT2D eigenvalue weighted by Gasteiger charge is 2.32. The van der Waals surface area contributed by atoms with Crippen molar-refractivity contribution in [2.75, 3.05) is 36.4 Å². The molecule has 2 N–H and O–H groups in total. The van der Waals surface area contributed by atoms with E-state index in [-0.39, 0.29) is 15.8 Å². The fraction of sp³-hybridized carbons (Fsp3) is 0.333. The lowest BCUT2D eigenvalue weighted by molar-refractivity contribution is 0.102. The minimum atomic E-state index is -3.67. The molecule has 1 aromatic heterocycles. The molecule has 0 unspecified atom stereocenters. The number of hydrogen-bond acceptors (Lipinski definition) is 5. The van der Waals surface area contributed by atoms with Gasteiger partial charge in [-0.25, -0.2) is 13.2 Å². The maximum Gasteiger partial charge on any atom is 0.321 e. The molecule has 0 spiro atoms. The summed E-state index contributed by atoms with van der Waals surface area (Å²) in [4.78, 5) is 26.4. The Morgan fingerprint density at radius 3 is 2.64 bits per heavy atom. The van der Waals surface area contributed by atoms with E-state index in [4.69, 9.17) is 0 Å². The number of sulfonamides is 1. The SMILES string of the molecule is O=C(Nc1cccc(N2CCNC2=O)c1)c1sccc1S(=O)(=O)N1CCCC1. The molecule has 0 radical (unpaired) electrons. The minimum absolute atomic E-state index is 0.0481. The molecule has 2 aliphatic rings. The van der Waals surface area contributed by atoms with Crippen molar-refractivity contribution in [2.45, 2.75) is 17.7 Å². The molecule has 0 aliphatic carbocycles. The second-order valence-corrected chi connectivity index (χ2v) is 9.44. The molecule has 0 atom stereocenters.